The first-order valence-corrected chi connectivity index (χ1v) is 7.56. The van der Waals surface area contributed by atoms with Crippen molar-refractivity contribution in [2.45, 2.75) is 0 Å². The normalized spacial score (nSPS) is 11.2. The second kappa shape index (κ2) is 5.78. The molecule has 0 unspecified atom stereocenters. The Morgan fingerprint density at radius 3 is 2.25 bits per heavy atom. The molecule has 1 aromatic carbocycles. The van der Waals surface area contributed by atoms with E-state index in [0.717, 1.165) is 21.8 Å². The monoisotopic (exact) mass is 318 g/mol. The van der Waals surface area contributed by atoms with Crippen molar-refractivity contribution in [3.8, 4) is 0 Å². The van der Waals surface area contributed by atoms with Crippen LogP contribution >= 0.6 is 0 Å². The third-order valence-electron chi connectivity index (χ3n) is 3.78. The van der Waals surface area contributed by atoms with E-state index in [2.05, 4.69) is 25.3 Å². The van der Waals surface area contributed by atoms with Crippen molar-refractivity contribution in [2.24, 2.45) is 5.73 Å². The predicted octanol–water partition coefficient (Wildman–Crippen LogP) is 1.41. The number of nitrogens with one attached hydrogen (secondary N) is 1. The molecule has 3 aromatic heterocycles. The van der Waals surface area contributed by atoms with Gasteiger partial charge in [0.1, 0.15) is 5.69 Å². The minimum absolute atomic E-state index is 0.254. The average Bonchev–Trinajstić information content (AvgIpc) is 2.66. The van der Waals surface area contributed by atoms with Crippen molar-refractivity contribution in [3.05, 3.63) is 48.5 Å². The van der Waals surface area contributed by atoms with Gasteiger partial charge in [0.15, 0.2) is 0 Å². The molecule has 0 atom stereocenters. The van der Waals surface area contributed by atoms with Crippen LogP contribution in [0.15, 0.2) is 42.9 Å². The van der Waals surface area contributed by atoms with Gasteiger partial charge in [0.05, 0.1) is 28.3 Å². The minimum atomic E-state index is -0.293. The van der Waals surface area contributed by atoms with Crippen molar-refractivity contribution < 1.29 is 4.79 Å². The number of nitrogens with two attached hydrogens (primary N) is 1. The molecule has 0 saturated carbocycles. The van der Waals surface area contributed by atoms with Crippen molar-refractivity contribution in [3.63, 3.8) is 0 Å². The molecule has 0 aliphatic rings. The highest BCUT2D eigenvalue weighted by atomic mass is 16.1. The van der Waals surface area contributed by atoms with Crippen LogP contribution in [0.25, 0.3) is 32.8 Å². The van der Waals surface area contributed by atoms with Crippen LogP contribution in [-0.2, 0) is 0 Å². The molecule has 0 spiro atoms. The van der Waals surface area contributed by atoms with Crippen molar-refractivity contribution in [2.75, 3.05) is 13.1 Å². The molecule has 0 saturated heterocycles. The van der Waals surface area contributed by atoms with E-state index in [-0.39, 0.29) is 11.6 Å². The molecule has 0 fully saturated rings. The molecule has 7 nitrogen and oxygen atoms in total. The number of nitrogens with zero attached hydrogens (tertiary/aromatic N) is 4. The second-order valence-corrected chi connectivity index (χ2v) is 5.30. The van der Waals surface area contributed by atoms with Gasteiger partial charge in [-0.05, 0) is 24.3 Å². The first-order chi connectivity index (χ1) is 11.8. The zero-order valence-corrected chi connectivity index (χ0v) is 12.7. The van der Waals surface area contributed by atoms with Gasteiger partial charge in [-0.25, -0.2) is 4.98 Å². The molecule has 118 valence electrons. The topological polar surface area (TPSA) is 107 Å². The van der Waals surface area contributed by atoms with Crippen LogP contribution in [-0.4, -0.2) is 38.9 Å². The van der Waals surface area contributed by atoms with E-state index in [9.17, 15) is 4.79 Å². The van der Waals surface area contributed by atoms with Gasteiger partial charge in [0, 0.05) is 36.3 Å². The van der Waals surface area contributed by atoms with Gasteiger partial charge in [-0.2, -0.15) is 0 Å². The molecule has 0 aliphatic heterocycles. The summed E-state index contributed by atoms with van der Waals surface area (Å²) in [4.78, 5) is 30.0. The largest absolute Gasteiger partial charge is 0.349 e. The van der Waals surface area contributed by atoms with Crippen molar-refractivity contribution in [1.82, 2.24) is 25.3 Å². The third-order valence-corrected chi connectivity index (χ3v) is 3.78. The summed E-state index contributed by atoms with van der Waals surface area (Å²) in [7, 11) is 0. The zero-order valence-electron chi connectivity index (χ0n) is 12.7. The first kappa shape index (κ1) is 14.4. The van der Waals surface area contributed by atoms with E-state index in [1.807, 2.05) is 24.3 Å². The minimum Gasteiger partial charge on any atom is -0.349 e. The maximum Gasteiger partial charge on any atom is 0.271 e. The number of hydrogen-bond acceptors (Lipinski definition) is 6. The second-order valence-electron chi connectivity index (χ2n) is 5.30. The highest BCUT2D eigenvalue weighted by molar-refractivity contribution is 6.20. The van der Waals surface area contributed by atoms with Gasteiger partial charge in [-0.3, -0.25) is 19.7 Å². The van der Waals surface area contributed by atoms with Crippen molar-refractivity contribution >= 4 is 38.7 Å². The van der Waals surface area contributed by atoms with Gasteiger partial charge in [0.2, 0.25) is 0 Å². The molecular weight excluding hydrogens is 304 g/mol. The number of aromatic nitrogens is 4. The number of rotatable bonds is 3. The third kappa shape index (κ3) is 2.22. The van der Waals surface area contributed by atoms with E-state index in [1.165, 1.54) is 6.20 Å². The van der Waals surface area contributed by atoms with E-state index < -0.39 is 0 Å². The lowest BCUT2D eigenvalue weighted by Crippen LogP contribution is -2.29. The summed E-state index contributed by atoms with van der Waals surface area (Å²) in [6, 6.07) is 7.52. The molecule has 0 bridgehead atoms. The lowest BCUT2D eigenvalue weighted by Gasteiger charge is -2.08. The van der Waals surface area contributed by atoms with Crippen molar-refractivity contribution in [1.29, 1.82) is 0 Å². The molecule has 1 amide bonds. The SMILES string of the molecule is NCCNC(=O)c1cnc2c3cccnc3c3ncccc3c2n1. The molecule has 4 rings (SSSR count). The van der Waals surface area contributed by atoms with Crippen LogP contribution in [0.3, 0.4) is 0 Å². The van der Waals surface area contributed by atoms with Gasteiger partial charge in [-0.15, -0.1) is 0 Å². The van der Waals surface area contributed by atoms with Gasteiger partial charge >= 0.3 is 0 Å². The number of fused-ring (bicyclic) bond motifs is 6. The Kier molecular flexibility index (Phi) is 3.47. The van der Waals surface area contributed by atoms with E-state index in [1.54, 1.807) is 12.4 Å². The Hall–Kier alpha value is -3.19. The summed E-state index contributed by atoms with van der Waals surface area (Å²) < 4.78 is 0. The Morgan fingerprint density at radius 1 is 0.958 bits per heavy atom. The molecule has 3 N–H and O–H groups in total. The van der Waals surface area contributed by atoms with Gasteiger partial charge in [0.25, 0.3) is 5.91 Å². The molecule has 3 heterocycles. The summed E-state index contributed by atoms with van der Waals surface area (Å²) in [5, 5.41) is 4.38. The molecule has 24 heavy (non-hydrogen) atoms. The van der Waals surface area contributed by atoms with Crippen LogP contribution in [0, 0.1) is 0 Å². The Labute approximate surface area is 137 Å². The van der Waals surface area contributed by atoms with Crippen LogP contribution in [0.2, 0.25) is 0 Å². The Balaban J connectivity index is 2.04. The van der Waals surface area contributed by atoms with E-state index in [0.29, 0.717) is 24.1 Å². The maximum atomic E-state index is 12.1. The fourth-order valence-corrected chi connectivity index (χ4v) is 2.73. The first-order valence-electron chi connectivity index (χ1n) is 7.56. The quantitative estimate of drug-likeness (QED) is 0.553. The zero-order chi connectivity index (χ0) is 16.5. The van der Waals surface area contributed by atoms with Crippen LogP contribution in [0.4, 0.5) is 0 Å². The molecular formula is C17H14N6O. The van der Waals surface area contributed by atoms with Crippen LogP contribution < -0.4 is 11.1 Å². The standard InChI is InChI=1S/C17H14N6O/c18-5-8-21-17(24)12-9-22-15-10-3-1-6-19-13(10)14-11(16(15)23-12)4-2-7-20-14/h1-4,6-7,9H,5,8,18H2,(H,21,24). The summed E-state index contributed by atoms with van der Waals surface area (Å²) >= 11 is 0. The fraction of sp³-hybridized carbons (Fsp3) is 0.118. The van der Waals surface area contributed by atoms with E-state index in [4.69, 9.17) is 5.73 Å². The summed E-state index contributed by atoms with van der Waals surface area (Å²) in [6.07, 6.45) is 4.92. The molecule has 0 aliphatic carbocycles. The smallest absolute Gasteiger partial charge is 0.271 e. The number of amides is 1. The summed E-state index contributed by atoms with van der Waals surface area (Å²) in [6.45, 7) is 0.762. The average molecular weight is 318 g/mol. The predicted molar refractivity (Wildman–Crippen MR) is 91.5 cm³/mol. The van der Waals surface area contributed by atoms with Gasteiger partial charge < -0.3 is 11.1 Å². The van der Waals surface area contributed by atoms with E-state index >= 15 is 0 Å². The lowest BCUT2D eigenvalue weighted by molar-refractivity contribution is 0.0950. The summed E-state index contributed by atoms with van der Waals surface area (Å²) in [5.74, 6) is -0.293. The van der Waals surface area contributed by atoms with Crippen LogP contribution in [0.1, 0.15) is 10.5 Å². The Bertz CT molecular complexity index is 1040. The van der Waals surface area contributed by atoms with Crippen LogP contribution in [0.5, 0.6) is 0 Å². The Morgan fingerprint density at radius 2 is 1.58 bits per heavy atom. The summed E-state index contributed by atoms with van der Waals surface area (Å²) in [5.41, 5.74) is 8.53. The molecule has 0 radical (unpaired) electrons. The maximum absolute atomic E-state index is 12.1. The number of benzene rings is 1. The lowest BCUT2D eigenvalue weighted by atomic mass is 10.1. The molecule has 7 heteroatoms. The molecule has 4 aromatic rings. The highest BCUT2D eigenvalue weighted by Gasteiger charge is 2.15. The number of hydrogen-bond donors (Lipinski definition) is 2. The highest BCUT2D eigenvalue weighted by Crippen LogP contribution is 2.30. The number of carbonyl (C=O) groups is 1. The number of carbonyl (C=O) groups excluding carboxylic acids is 1. The number of pyridine rings is 2. The van der Waals surface area contributed by atoms with Gasteiger partial charge in [-0.1, -0.05) is 0 Å². The fourth-order valence-electron chi connectivity index (χ4n) is 2.73.